The van der Waals surface area contributed by atoms with Crippen LogP contribution in [-0.2, 0) is 12.8 Å². The topological polar surface area (TPSA) is 118 Å². The number of hydrogen-bond donors (Lipinski definition) is 2. The first-order valence-electron chi connectivity index (χ1n) is 9.30. The van der Waals surface area contributed by atoms with E-state index in [1.165, 1.54) is 12.3 Å². The molecule has 3 aromatic rings. The lowest BCUT2D eigenvalue weighted by molar-refractivity contribution is -0.385. The van der Waals surface area contributed by atoms with Gasteiger partial charge in [-0.2, -0.15) is 5.10 Å². The number of benzene rings is 2. The highest BCUT2D eigenvalue weighted by Crippen LogP contribution is 2.41. The van der Waals surface area contributed by atoms with Crippen molar-refractivity contribution < 1.29 is 19.2 Å². The smallest absolute Gasteiger partial charge is 0.315 e. The van der Waals surface area contributed by atoms with Crippen LogP contribution in [0.3, 0.4) is 0 Å². The van der Waals surface area contributed by atoms with E-state index < -0.39 is 22.3 Å². The molecule has 2 aromatic carbocycles. The van der Waals surface area contributed by atoms with Gasteiger partial charge in [-0.05, 0) is 38.3 Å². The van der Waals surface area contributed by atoms with E-state index in [0.29, 0.717) is 16.5 Å². The predicted molar refractivity (Wildman–Crippen MR) is 107 cm³/mol. The number of nitro groups is 1. The van der Waals surface area contributed by atoms with E-state index >= 15 is 0 Å². The molecular weight excluding hydrogens is 374 g/mol. The summed E-state index contributed by atoms with van der Waals surface area (Å²) in [7, 11) is 0. The van der Waals surface area contributed by atoms with Gasteiger partial charge in [-0.3, -0.25) is 14.9 Å². The average molecular weight is 393 g/mol. The largest absolute Gasteiger partial charge is 0.502 e. The normalized spacial score (nSPS) is 13.6. The van der Waals surface area contributed by atoms with Crippen LogP contribution < -0.4 is 5.43 Å². The molecule has 8 heteroatoms. The zero-order chi connectivity index (χ0) is 20.5. The van der Waals surface area contributed by atoms with Crippen LogP contribution in [0.4, 0.5) is 5.69 Å². The third-order valence-electron chi connectivity index (χ3n) is 5.10. The van der Waals surface area contributed by atoms with Gasteiger partial charge in [-0.15, -0.1) is 0 Å². The van der Waals surface area contributed by atoms with Crippen molar-refractivity contribution in [2.75, 3.05) is 0 Å². The molecule has 0 aliphatic heterocycles. The summed E-state index contributed by atoms with van der Waals surface area (Å²) in [5, 5.41) is 26.4. The van der Waals surface area contributed by atoms with E-state index in [2.05, 4.69) is 10.5 Å². The van der Waals surface area contributed by atoms with Gasteiger partial charge in [0.1, 0.15) is 11.3 Å². The zero-order valence-electron chi connectivity index (χ0n) is 15.8. The Morgan fingerprint density at radius 1 is 1.28 bits per heavy atom. The third kappa shape index (κ3) is 3.44. The maximum absolute atomic E-state index is 12.2. The summed E-state index contributed by atoms with van der Waals surface area (Å²) in [6.07, 6.45) is 4.70. The van der Waals surface area contributed by atoms with Crippen LogP contribution in [0.5, 0.6) is 5.75 Å². The molecule has 1 aliphatic rings. The number of amides is 1. The molecule has 29 heavy (non-hydrogen) atoms. The van der Waals surface area contributed by atoms with Gasteiger partial charge < -0.3 is 9.52 Å². The number of nitrogens with one attached hydrogen (secondary N) is 1. The van der Waals surface area contributed by atoms with E-state index in [-0.39, 0.29) is 5.56 Å². The number of carbonyl (C=O) groups excluding carboxylic acids is 1. The van der Waals surface area contributed by atoms with Crippen molar-refractivity contribution in [3.05, 3.63) is 68.5 Å². The van der Waals surface area contributed by atoms with Crippen molar-refractivity contribution in [1.82, 2.24) is 5.43 Å². The Balaban J connectivity index is 1.73. The SMILES string of the molecule is Cc1ccc(C(=O)NN=Cc2c(O)c([N+](=O)[O-])cc3oc4c(c23)CCCC4)cc1. The second-order valence-corrected chi connectivity index (χ2v) is 7.06. The van der Waals surface area contributed by atoms with E-state index in [1.807, 2.05) is 19.1 Å². The molecular formula is C21H19N3O5. The van der Waals surface area contributed by atoms with Crippen molar-refractivity contribution in [3.8, 4) is 5.75 Å². The molecule has 1 aliphatic carbocycles. The van der Waals surface area contributed by atoms with Gasteiger partial charge in [0.05, 0.1) is 22.8 Å². The molecule has 0 saturated carbocycles. The number of aryl methyl sites for hydroxylation is 3. The number of nitro benzene ring substituents is 1. The third-order valence-corrected chi connectivity index (χ3v) is 5.10. The van der Waals surface area contributed by atoms with E-state index in [4.69, 9.17) is 4.42 Å². The first-order chi connectivity index (χ1) is 14.0. The Morgan fingerprint density at radius 2 is 2.00 bits per heavy atom. The molecule has 0 saturated heterocycles. The molecule has 2 N–H and O–H groups in total. The van der Waals surface area contributed by atoms with Gasteiger partial charge in [-0.1, -0.05) is 17.7 Å². The lowest BCUT2D eigenvalue weighted by Gasteiger charge is -2.10. The van der Waals surface area contributed by atoms with Crippen LogP contribution in [0.15, 0.2) is 39.9 Å². The maximum atomic E-state index is 12.2. The van der Waals surface area contributed by atoms with Gasteiger partial charge in [0.2, 0.25) is 5.75 Å². The summed E-state index contributed by atoms with van der Waals surface area (Å²) in [6, 6.07) is 8.22. The minimum atomic E-state index is -0.668. The Hall–Kier alpha value is -3.68. The second-order valence-electron chi connectivity index (χ2n) is 7.06. The van der Waals surface area contributed by atoms with Crippen LogP contribution in [0, 0.1) is 17.0 Å². The lowest BCUT2D eigenvalue weighted by atomic mass is 9.93. The molecule has 148 valence electrons. The van der Waals surface area contributed by atoms with Crippen LogP contribution in [-0.4, -0.2) is 22.2 Å². The Kier molecular flexibility index (Phi) is 4.75. The van der Waals surface area contributed by atoms with Crippen LogP contribution in [0.2, 0.25) is 0 Å². The molecule has 4 rings (SSSR count). The van der Waals surface area contributed by atoms with Crippen LogP contribution in [0.1, 0.15) is 45.7 Å². The Morgan fingerprint density at radius 3 is 2.72 bits per heavy atom. The minimum absolute atomic E-state index is 0.172. The van der Waals surface area contributed by atoms with Crippen molar-refractivity contribution in [3.63, 3.8) is 0 Å². The van der Waals surface area contributed by atoms with Crippen molar-refractivity contribution in [1.29, 1.82) is 0 Å². The standard InChI is InChI=1S/C21H19N3O5/c1-12-6-8-13(9-7-12)21(26)23-22-11-15-19-14-4-2-3-5-17(14)29-18(19)10-16(20(15)25)24(27)28/h6-11,25H,2-5H2,1H3,(H,23,26). The van der Waals surface area contributed by atoms with Gasteiger partial charge in [-0.25, -0.2) is 5.43 Å². The molecule has 0 fully saturated rings. The van der Waals surface area contributed by atoms with Crippen LogP contribution >= 0.6 is 0 Å². The highest BCUT2D eigenvalue weighted by atomic mass is 16.6. The van der Waals surface area contributed by atoms with Crippen molar-refractivity contribution in [2.45, 2.75) is 32.6 Å². The zero-order valence-corrected chi connectivity index (χ0v) is 15.8. The Labute approximate surface area is 166 Å². The molecule has 8 nitrogen and oxygen atoms in total. The summed E-state index contributed by atoms with van der Waals surface area (Å²) in [5.41, 5.74) is 4.84. The monoisotopic (exact) mass is 393 g/mol. The first kappa shape index (κ1) is 18.7. The lowest BCUT2D eigenvalue weighted by Crippen LogP contribution is -2.17. The number of rotatable bonds is 4. The number of hydrogen-bond acceptors (Lipinski definition) is 6. The number of aromatic hydroxyl groups is 1. The number of fused-ring (bicyclic) bond motifs is 3. The summed E-state index contributed by atoms with van der Waals surface area (Å²) in [4.78, 5) is 22.9. The van der Waals surface area contributed by atoms with E-state index in [9.17, 15) is 20.0 Å². The molecule has 1 heterocycles. The number of phenolic OH excluding ortho intramolecular Hbond substituents is 1. The van der Waals surface area contributed by atoms with Gasteiger partial charge in [0.25, 0.3) is 5.91 Å². The number of furan rings is 1. The molecule has 0 radical (unpaired) electrons. The average Bonchev–Trinajstić information content (AvgIpc) is 3.08. The summed E-state index contributed by atoms with van der Waals surface area (Å²) in [5.74, 6) is -0.133. The number of nitrogens with zero attached hydrogens (tertiary/aromatic N) is 2. The van der Waals surface area contributed by atoms with Crippen molar-refractivity contribution >= 4 is 28.8 Å². The summed E-state index contributed by atoms with van der Waals surface area (Å²) >= 11 is 0. The molecule has 0 spiro atoms. The van der Waals surface area contributed by atoms with E-state index in [1.54, 1.807) is 12.1 Å². The molecule has 1 amide bonds. The predicted octanol–water partition coefficient (Wildman–Crippen LogP) is 4.00. The van der Waals surface area contributed by atoms with Crippen LogP contribution in [0.25, 0.3) is 11.0 Å². The van der Waals surface area contributed by atoms with Gasteiger partial charge >= 0.3 is 5.69 Å². The number of hydrazone groups is 1. The molecule has 0 atom stereocenters. The maximum Gasteiger partial charge on any atom is 0.315 e. The highest BCUT2D eigenvalue weighted by Gasteiger charge is 2.27. The van der Waals surface area contributed by atoms with Gasteiger partial charge in [0, 0.05) is 22.9 Å². The fraction of sp³-hybridized carbons (Fsp3) is 0.238. The molecule has 0 bridgehead atoms. The van der Waals surface area contributed by atoms with Gasteiger partial charge in [0.15, 0.2) is 0 Å². The van der Waals surface area contributed by atoms with E-state index in [0.717, 1.165) is 42.6 Å². The fourth-order valence-electron chi connectivity index (χ4n) is 3.62. The minimum Gasteiger partial charge on any atom is -0.502 e. The molecule has 0 unspecified atom stereocenters. The first-order valence-corrected chi connectivity index (χ1v) is 9.30. The quantitative estimate of drug-likeness (QED) is 0.395. The number of carbonyl (C=O) groups is 1. The fourth-order valence-corrected chi connectivity index (χ4v) is 3.62. The summed E-state index contributed by atoms with van der Waals surface area (Å²) in [6.45, 7) is 1.92. The summed E-state index contributed by atoms with van der Waals surface area (Å²) < 4.78 is 5.82. The Bertz CT molecular complexity index is 1150. The molecule has 1 aromatic heterocycles. The number of phenols is 1. The second kappa shape index (κ2) is 7.38. The highest BCUT2D eigenvalue weighted by molar-refractivity contribution is 6.05. The van der Waals surface area contributed by atoms with Crippen molar-refractivity contribution in [2.24, 2.45) is 5.10 Å².